The van der Waals surface area contributed by atoms with Crippen LogP contribution in [-0.2, 0) is 0 Å². The number of imidazole rings is 1. The molecule has 0 aliphatic rings. The predicted octanol–water partition coefficient (Wildman–Crippen LogP) is 3.54. The van der Waals surface area contributed by atoms with E-state index in [0.717, 1.165) is 11.0 Å². The molecular weight excluding hydrogens is 212 g/mol. The number of fused-ring (bicyclic) bond motifs is 1. The molecule has 3 heteroatoms. The van der Waals surface area contributed by atoms with Crippen LogP contribution < -0.4 is 5.69 Å². The Hall–Kier alpha value is -1.51. The molecule has 0 bridgehead atoms. The number of benzene rings is 1. The van der Waals surface area contributed by atoms with Gasteiger partial charge in [-0.05, 0) is 36.5 Å². The van der Waals surface area contributed by atoms with Crippen molar-refractivity contribution in [1.82, 2.24) is 9.97 Å². The number of hydrogen-bond acceptors (Lipinski definition) is 1. The van der Waals surface area contributed by atoms with Gasteiger partial charge in [0.15, 0.2) is 0 Å². The van der Waals surface area contributed by atoms with Crippen molar-refractivity contribution < 1.29 is 0 Å². The van der Waals surface area contributed by atoms with Crippen molar-refractivity contribution in [2.24, 2.45) is 0 Å². The van der Waals surface area contributed by atoms with Gasteiger partial charge in [0.1, 0.15) is 0 Å². The van der Waals surface area contributed by atoms with Crippen molar-refractivity contribution in [3.05, 3.63) is 34.2 Å². The summed E-state index contributed by atoms with van der Waals surface area (Å²) in [6.45, 7) is 4.44. The molecule has 1 heterocycles. The molecule has 0 unspecified atom stereocenters. The summed E-state index contributed by atoms with van der Waals surface area (Å²) in [5, 5.41) is 0. The summed E-state index contributed by atoms with van der Waals surface area (Å²) in [4.78, 5) is 16.8. The van der Waals surface area contributed by atoms with Gasteiger partial charge in [-0.1, -0.05) is 32.8 Å². The van der Waals surface area contributed by atoms with Gasteiger partial charge >= 0.3 is 5.69 Å². The van der Waals surface area contributed by atoms with Gasteiger partial charge in [-0.25, -0.2) is 4.79 Å². The maximum Gasteiger partial charge on any atom is 0.323 e. The van der Waals surface area contributed by atoms with E-state index in [4.69, 9.17) is 0 Å². The Balaban J connectivity index is 2.35. The van der Waals surface area contributed by atoms with Crippen molar-refractivity contribution >= 4 is 11.0 Å². The molecule has 0 radical (unpaired) electrons. The maximum absolute atomic E-state index is 11.2. The third-order valence-corrected chi connectivity index (χ3v) is 3.29. The lowest BCUT2D eigenvalue weighted by Crippen LogP contribution is -1.99. The fraction of sp³-hybridized carbons (Fsp3) is 0.500. The summed E-state index contributed by atoms with van der Waals surface area (Å²) in [6.07, 6.45) is 4.83. The van der Waals surface area contributed by atoms with Crippen molar-refractivity contribution in [1.29, 1.82) is 0 Å². The third-order valence-electron chi connectivity index (χ3n) is 3.29. The highest BCUT2D eigenvalue weighted by Crippen LogP contribution is 2.27. The van der Waals surface area contributed by atoms with Crippen molar-refractivity contribution in [3.8, 4) is 0 Å². The molecule has 2 N–H and O–H groups in total. The highest BCUT2D eigenvalue weighted by atomic mass is 16.1. The first-order chi connectivity index (χ1) is 8.24. The largest absolute Gasteiger partial charge is 0.323 e. The molecule has 2 aromatic rings. The zero-order valence-electron chi connectivity index (χ0n) is 10.5. The second-order valence-electron chi connectivity index (χ2n) is 4.66. The summed E-state index contributed by atoms with van der Waals surface area (Å²) >= 11 is 0. The van der Waals surface area contributed by atoms with E-state index in [1.807, 2.05) is 6.07 Å². The number of rotatable bonds is 5. The molecule has 0 aliphatic heterocycles. The molecule has 3 nitrogen and oxygen atoms in total. The van der Waals surface area contributed by atoms with E-state index < -0.39 is 0 Å². The molecule has 0 spiro atoms. The minimum atomic E-state index is -0.125. The molecule has 0 aliphatic carbocycles. The predicted molar refractivity (Wildman–Crippen MR) is 71.5 cm³/mol. The first-order valence-electron chi connectivity index (χ1n) is 6.46. The monoisotopic (exact) mass is 232 g/mol. The van der Waals surface area contributed by atoms with Crippen molar-refractivity contribution in [2.45, 2.75) is 45.4 Å². The van der Waals surface area contributed by atoms with Gasteiger partial charge in [0.05, 0.1) is 11.0 Å². The highest BCUT2D eigenvalue weighted by Gasteiger charge is 2.10. The summed E-state index contributed by atoms with van der Waals surface area (Å²) in [7, 11) is 0. The van der Waals surface area contributed by atoms with E-state index in [1.165, 1.54) is 31.2 Å². The van der Waals surface area contributed by atoms with Crippen LogP contribution in [0.3, 0.4) is 0 Å². The Morgan fingerprint density at radius 1 is 1.06 bits per heavy atom. The first-order valence-corrected chi connectivity index (χ1v) is 6.46. The Labute approximate surface area is 101 Å². The van der Waals surface area contributed by atoms with Crippen LogP contribution in [0.2, 0.25) is 0 Å². The van der Waals surface area contributed by atoms with Gasteiger partial charge in [0.2, 0.25) is 0 Å². The van der Waals surface area contributed by atoms with Crippen molar-refractivity contribution in [3.63, 3.8) is 0 Å². The minimum Gasteiger partial charge on any atom is -0.306 e. The SMILES string of the molecule is CCCC(CCC)c1ccc2[nH]c(=O)[nH]c2c1. The van der Waals surface area contributed by atoms with Crippen LogP contribution in [0, 0.1) is 0 Å². The van der Waals surface area contributed by atoms with E-state index in [2.05, 4.69) is 35.9 Å². The van der Waals surface area contributed by atoms with Crippen LogP contribution >= 0.6 is 0 Å². The molecule has 2 rings (SSSR count). The number of H-pyrrole nitrogens is 2. The van der Waals surface area contributed by atoms with Crippen LogP contribution in [0.1, 0.15) is 51.0 Å². The van der Waals surface area contributed by atoms with Crippen LogP contribution in [0.25, 0.3) is 11.0 Å². The van der Waals surface area contributed by atoms with E-state index in [9.17, 15) is 4.79 Å². The second-order valence-corrected chi connectivity index (χ2v) is 4.66. The van der Waals surface area contributed by atoms with Crippen LogP contribution in [-0.4, -0.2) is 9.97 Å². The number of aromatic amines is 2. The average Bonchev–Trinajstić information content (AvgIpc) is 2.67. The Bertz CT molecular complexity index is 532. The van der Waals surface area contributed by atoms with E-state index >= 15 is 0 Å². The van der Waals surface area contributed by atoms with Gasteiger partial charge in [-0.3, -0.25) is 0 Å². The van der Waals surface area contributed by atoms with E-state index in [1.54, 1.807) is 0 Å². The number of aromatic nitrogens is 2. The lowest BCUT2D eigenvalue weighted by molar-refractivity contribution is 0.561. The molecular formula is C14H20N2O. The van der Waals surface area contributed by atoms with Gasteiger partial charge < -0.3 is 9.97 Å². The molecule has 0 amide bonds. The lowest BCUT2D eigenvalue weighted by atomic mass is 9.90. The lowest BCUT2D eigenvalue weighted by Gasteiger charge is -2.15. The first kappa shape index (κ1) is 12.0. The molecule has 1 aromatic heterocycles. The van der Waals surface area contributed by atoms with Gasteiger partial charge in [-0.2, -0.15) is 0 Å². The normalized spacial score (nSPS) is 11.5. The van der Waals surface area contributed by atoms with Gasteiger partial charge in [-0.15, -0.1) is 0 Å². The summed E-state index contributed by atoms with van der Waals surface area (Å²) in [5.41, 5.74) is 3.03. The standard InChI is InChI=1S/C14H20N2O/c1-3-5-10(6-4-2)11-7-8-12-13(9-11)16-14(17)15-12/h7-10H,3-6H2,1-2H3,(H2,15,16,17). The quantitative estimate of drug-likeness (QED) is 0.813. The van der Waals surface area contributed by atoms with Crippen LogP contribution in [0.15, 0.2) is 23.0 Å². The third kappa shape index (κ3) is 2.60. The van der Waals surface area contributed by atoms with E-state index in [-0.39, 0.29) is 5.69 Å². The van der Waals surface area contributed by atoms with Gasteiger partial charge in [0, 0.05) is 0 Å². The molecule has 0 saturated carbocycles. The van der Waals surface area contributed by atoms with Crippen molar-refractivity contribution in [2.75, 3.05) is 0 Å². The summed E-state index contributed by atoms with van der Waals surface area (Å²) in [5.74, 6) is 0.618. The molecule has 17 heavy (non-hydrogen) atoms. The molecule has 92 valence electrons. The van der Waals surface area contributed by atoms with E-state index in [0.29, 0.717) is 5.92 Å². The number of hydrogen-bond donors (Lipinski definition) is 2. The van der Waals surface area contributed by atoms with Crippen LogP contribution in [0.5, 0.6) is 0 Å². The zero-order valence-corrected chi connectivity index (χ0v) is 10.5. The molecule has 1 aromatic carbocycles. The highest BCUT2D eigenvalue weighted by molar-refractivity contribution is 5.75. The number of nitrogens with one attached hydrogen (secondary N) is 2. The Kier molecular flexibility index (Phi) is 3.67. The fourth-order valence-corrected chi connectivity index (χ4v) is 2.48. The average molecular weight is 232 g/mol. The summed E-state index contributed by atoms with van der Waals surface area (Å²) < 4.78 is 0. The molecule has 0 fully saturated rings. The smallest absolute Gasteiger partial charge is 0.306 e. The molecule has 0 saturated heterocycles. The second kappa shape index (κ2) is 5.21. The Morgan fingerprint density at radius 2 is 1.71 bits per heavy atom. The summed E-state index contributed by atoms with van der Waals surface area (Å²) in [6, 6.07) is 6.26. The van der Waals surface area contributed by atoms with Crippen LogP contribution in [0.4, 0.5) is 0 Å². The minimum absolute atomic E-state index is 0.125. The fourth-order valence-electron chi connectivity index (χ4n) is 2.48. The zero-order chi connectivity index (χ0) is 12.3. The Morgan fingerprint density at radius 3 is 2.35 bits per heavy atom. The molecule has 0 atom stereocenters. The maximum atomic E-state index is 11.2. The van der Waals surface area contributed by atoms with Gasteiger partial charge in [0.25, 0.3) is 0 Å². The topological polar surface area (TPSA) is 48.6 Å².